The van der Waals surface area contributed by atoms with Crippen molar-refractivity contribution >= 4 is 34.7 Å². The lowest BCUT2D eigenvalue weighted by Gasteiger charge is -2.07. The zero-order valence-corrected chi connectivity index (χ0v) is 11.6. The fraction of sp³-hybridized carbons (Fsp3) is 0.545. The first-order chi connectivity index (χ1) is 9.35. The molecule has 104 valence electrons. The zero-order valence-electron chi connectivity index (χ0n) is 10.8. The van der Waals surface area contributed by atoms with E-state index in [0.717, 1.165) is 35.8 Å². The molecular formula is C11H18N6OS. The van der Waals surface area contributed by atoms with Crippen molar-refractivity contribution < 1.29 is 5.11 Å². The van der Waals surface area contributed by atoms with E-state index >= 15 is 0 Å². The lowest BCUT2D eigenvalue weighted by Crippen LogP contribution is -2.09. The van der Waals surface area contributed by atoms with Crippen molar-refractivity contribution in [2.45, 2.75) is 6.42 Å². The predicted octanol–water partition coefficient (Wildman–Crippen LogP) is 0.922. The van der Waals surface area contributed by atoms with E-state index in [-0.39, 0.29) is 6.61 Å². The number of H-pyrrole nitrogens is 1. The molecule has 19 heavy (non-hydrogen) atoms. The third kappa shape index (κ3) is 3.71. The van der Waals surface area contributed by atoms with Gasteiger partial charge in [-0.2, -0.15) is 21.7 Å². The number of thioether (sulfide) groups is 1. The molecule has 2 heterocycles. The molecule has 0 aliphatic heterocycles. The van der Waals surface area contributed by atoms with Gasteiger partial charge in [0.1, 0.15) is 5.52 Å². The summed E-state index contributed by atoms with van der Waals surface area (Å²) in [7, 11) is 1.78. The van der Waals surface area contributed by atoms with Gasteiger partial charge in [0.15, 0.2) is 11.5 Å². The highest BCUT2D eigenvalue weighted by Gasteiger charge is 2.08. The molecule has 0 fully saturated rings. The van der Waals surface area contributed by atoms with E-state index in [1.165, 1.54) is 0 Å². The smallest absolute Gasteiger partial charge is 0.226 e. The summed E-state index contributed by atoms with van der Waals surface area (Å²) in [6.07, 6.45) is 2.45. The number of aromatic nitrogens is 4. The molecule has 0 atom stereocenters. The quantitative estimate of drug-likeness (QED) is 0.534. The number of aliphatic hydroxyl groups is 1. The Morgan fingerprint density at radius 2 is 2.26 bits per heavy atom. The van der Waals surface area contributed by atoms with E-state index in [9.17, 15) is 0 Å². The first-order valence-electron chi connectivity index (χ1n) is 6.16. The van der Waals surface area contributed by atoms with Crippen molar-refractivity contribution in [3.05, 3.63) is 6.33 Å². The number of aromatic amines is 1. The summed E-state index contributed by atoms with van der Waals surface area (Å²) in [5.41, 5.74) is 1.47. The Bertz CT molecular complexity index is 517. The van der Waals surface area contributed by atoms with Crippen molar-refractivity contribution in [1.82, 2.24) is 19.9 Å². The summed E-state index contributed by atoms with van der Waals surface area (Å²) in [5.74, 6) is 3.25. The maximum atomic E-state index is 8.69. The Kier molecular flexibility index (Phi) is 5.22. The maximum absolute atomic E-state index is 8.69. The molecule has 2 aromatic heterocycles. The molecule has 0 aliphatic rings. The SMILES string of the molecule is CNc1nc(NCCSCCCO)c2[nH]cnc2n1. The summed E-state index contributed by atoms with van der Waals surface area (Å²) in [5, 5.41) is 14.9. The van der Waals surface area contributed by atoms with Crippen molar-refractivity contribution in [2.24, 2.45) is 0 Å². The Morgan fingerprint density at radius 1 is 1.37 bits per heavy atom. The van der Waals surface area contributed by atoms with Crippen molar-refractivity contribution in [3.8, 4) is 0 Å². The van der Waals surface area contributed by atoms with Crippen LogP contribution >= 0.6 is 11.8 Å². The van der Waals surface area contributed by atoms with E-state index in [2.05, 4.69) is 30.6 Å². The molecule has 0 saturated carbocycles. The highest BCUT2D eigenvalue weighted by Crippen LogP contribution is 2.18. The molecule has 2 aromatic rings. The lowest BCUT2D eigenvalue weighted by molar-refractivity contribution is 0.296. The van der Waals surface area contributed by atoms with E-state index in [4.69, 9.17) is 5.11 Å². The minimum Gasteiger partial charge on any atom is -0.396 e. The second-order valence-electron chi connectivity index (χ2n) is 3.86. The molecule has 4 N–H and O–H groups in total. The second kappa shape index (κ2) is 7.15. The van der Waals surface area contributed by atoms with Gasteiger partial charge in [-0.3, -0.25) is 0 Å². The Balaban J connectivity index is 1.93. The Hall–Kier alpha value is -1.54. The third-order valence-electron chi connectivity index (χ3n) is 2.49. The van der Waals surface area contributed by atoms with Crippen LogP contribution in [0, 0.1) is 0 Å². The van der Waals surface area contributed by atoms with Gasteiger partial charge < -0.3 is 20.7 Å². The van der Waals surface area contributed by atoms with Crippen LogP contribution in [0.3, 0.4) is 0 Å². The number of nitrogens with one attached hydrogen (secondary N) is 3. The molecule has 0 saturated heterocycles. The number of imidazole rings is 1. The Labute approximate surface area is 115 Å². The van der Waals surface area contributed by atoms with Gasteiger partial charge >= 0.3 is 0 Å². The molecule has 8 heteroatoms. The normalized spacial score (nSPS) is 10.8. The summed E-state index contributed by atoms with van der Waals surface area (Å²) in [6, 6.07) is 0. The molecule has 0 unspecified atom stereocenters. The fourth-order valence-electron chi connectivity index (χ4n) is 1.58. The second-order valence-corrected chi connectivity index (χ2v) is 5.09. The van der Waals surface area contributed by atoms with Crippen LogP contribution < -0.4 is 10.6 Å². The van der Waals surface area contributed by atoms with Crippen LogP contribution in [-0.4, -0.2) is 56.7 Å². The molecule has 0 radical (unpaired) electrons. The minimum absolute atomic E-state index is 0.257. The maximum Gasteiger partial charge on any atom is 0.226 e. The van der Waals surface area contributed by atoms with Gasteiger partial charge in [0.25, 0.3) is 0 Å². The third-order valence-corrected chi connectivity index (χ3v) is 3.57. The predicted molar refractivity (Wildman–Crippen MR) is 78.7 cm³/mol. The number of rotatable bonds is 8. The molecule has 0 aliphatic carbocycles. The minimum atomic E-state index is 0.257. The molecule has 2 rings (SSSR count). The van der Waals surface area contributed by atoms with Gasteiger partial charge in [0.2, 0.25) is 5.95 Å². The van der Waals surface area contributed by atoms with Gasteiger partial charge in [-0.05, 0) is 12.2 Å². The van der Waals surface area contributed by atoms with Crippen LogP contribution in [0.15, 0.2) is 6.33 Å². The fourth-order valence-corrected chi connectivity index (χ4v) is 2.37. The van der Waals surface area contributed by atoms with Crippen LogP contribution in [-0.2, 0) is 0 Å². The molecule has 0 spiro atoms. The first kappa shape index (κ1) is 13.9. The lowest BCUT2D eigenvalue weighted by atomic mass is 10.5. The van der Waals surface area contributed by atoms with Crippen LogP contribution in [0.4, 0.5) is 11.8 Å². The van der Waals surface area contributed by atoms with E-state index in [1.54, 1.807) is 13.4 Å². The zero-order chi connectivity index (χ0) is 13.5. The summed E-state index contributed by atoms with van der Waals surface area (Å²) in [4.78, 5) is 15.8. The van der Waals surface area contributed by atoms with Gasteiger partial charge in [-0.1, -0.05) is 0 Å². The van der Waals surface area contributed by atoms with Crippen LogP contribution in [0.2, 0.25) is 0 Å². The molecule has 0 amide bonds. The van der Waals surface area contributed by atoms with Crippen LogP contribution in [0.25, 0.3) is 11.2 Å². The largest absolute Gasteiger partial charge is 0.396 e. The number of nitrogens with zero attached hydrogens (tertiary/aromatic N) is 3. The van der Waals surface area contributed by atoms with Crippen molar-refractivity contribution in [1.29, 1.82) is 0 Å². The highest BCUT2D eigenvalue weighted by atomic mass is 32.2. The number of hydrogen-bond donors (Lipinski definition) is 4. The molecule has 0 bridgehead atoms. The number of anilines is 2. The topological polar surface area (TPSA) is 98.8 Å². The highest BCUT2D eigenvalue weighted by molar-refractivity contribution is 7.99. The van der Waals surface area contributed by atoms with Gasteiger partial charge in [-0.15, -0.1) is 0 Å². The summed E-state index contributed by atoms with van der Waals surface area (Å²) >= 11 is 1.81. The molecular weight excluding hydrogens is 264 g/mol. The number of fused-ring (bicyclic) bond motifs is 1. The average molecular weight is 282 g/mol. The van der Waals surface area contributed by atoms with Crippen molar-refractivity contribution in [2.75, 3.05) is 42.3 Å². The summed E-state index contributed by atoms with van der Waals surface area (Å²) < 4.78 is 0. The first-order valence-corrected chi connectivity index (χ1v) is 7.32. The van der Waals surface area contributed by atoms with Gasteiger partial charge in [-0.25, -0.2) is 4.98 Å². The van der Waals surface area contributed by atoms with Crippen molar-refractivity contribution in [3.63, 3.8) is 0 Å². The van der Waals surface area contributed by atoms with Crippen LogP contribution in [0.5, 0.6) is 0 Å². The van der Waals surface area contributed by atoms with Gasteiger partial charge in [0, 0.05) is 26.0 Å². The van der Waals surface area contributed by atoms with E-state index in [0.29, 0.717) is 11.6 Å². The van der Waals surface area contributed by atoms with Gasteiger partial charge in [0.05, 0.1) is 6.33 Å². The monoisotopic (exact) mass is 282 g/mol. The summed E-state index contributed by atoms with van der Waals surface area (Å²) in [6.45, 7) is 1.07. The van der Waals surface area contributed by atoms with Crippen LogP contribution in [0.1, 0.15) is 6.42 Å². The molecule has 0 aromatic carbocycles. The number of aliphatic hydroxyl groups excluding tert-OH is 1. The van der Waals surface area contributed by atoms with E-state index < -0.39 is 0 Å². The average Bonchev–Trinajstić information content (AvgIpc) is 2.90. The Morgan fingerprint density at radius 3 is 3.05 bits per heavy atom. The standard InChI is InChI=1S/C11H18N6OS/c1-12-11-16-9(8-10(17-11)15-7-14-8)13-3-6-19-5-2-4-18/h7,18H,2-6H2,1H3,(H3,12,13,14,15,16,17). The number of hydrogen-bond acceptors (Lipinski definition) is 7. The molecule has 7 nitrogen and oxygen atoms in total. The van der Waals surface area contributed by atoms with E-state index in [1.807, 2.05) is 11.8 Å².